The molecule has 0 amide bonds. The number of rotatable bonds is 5. The number of hydrogen-bond donors (Lipinski definition) is 1. The van der Waals surface area contributed by atoms with Gasteiger partial charge in [0, 0.05) is 12.4 Å². The Balaban J connectivity index is 2.25. The SMILES string of the molecule is CCCC[C@]1(CC)CS(=O)(=O)c2ccccc2[C@H](c2ccncc2)N1O. The minimum Gasteiger partial charge on any atom is -0.312 e. The highest BCUT2D eigenvalue weighted by molar-refractivity contribution is 7.91. The van der Waals surface area contributed by atoms with Crippen molar-refractivity contribution >= 4 is 9.84 Å². The van der Waals surface area contributed by atoms with E-state index in [1.54, 1.807) is 30.6 Å². The summed E-state index contributed by atoms with van der Waals surface area (Å²) in [7, 11) is -3.52. The van der Waals surface area contributed by atoms with Crippen molar-refractivity contribution in [3.63, 3.8) is 0 Å². The number of pyridine rings is 1. The summed E-state index contributed by atoms with van der Waals surface area (Å²) in [5.41, 5.74) is 0.635. The molecule has 2 aromatic rings. The lowest BCUT2D eigenvalue weighted by molar-refractivity contribution is -0.193. The molecule has 1 aromatic carbocycles. The van der Waals surface area contributed by atoms with Crippen molar-refractivity contribution in [2.45, 2.75) is 56.0 Å². The molecular weight excluding hydrogens is 348 g/mol. The Morgan fingerprint density at radius 3 is 2.54 bits per heavy atom. The van der Waals surface area contributed by atoms with Gasteiger partial charge in [0.1, 0.15) is 0 Å². The normalized spacial score (nSPS) is 25.4. The topological polar surface area (TPSA) is 70.5 Å². The van der Waals surface area contributed by atoms with Gasteiger partial charge in [-0.2, -0.15) is 5.06 Å². The number of unbranched alkanes of at least 4 members (excludes halogenated alkanes) is 1. The van der Waals surface area contributed by atoms with Gasteiger partial charge in [0.25, 0.3) is 0 Å². The molecular formula is C20H26N2O3S. The molecule has 0 spiro atoms. The second-order valence-electron chi connectivity index (χ2n) is 7.01. The van der Waals surface area contributed by atoms with E-state index in [0.717, 1.165) is 18.4 Å². The van der Waals surface area contributed by atoms with Crippen LogP contribution in [0.3, 0.4) is 0 Å². The molecule has 0 unspecified atom stereocenters. The van der Waals surface area contributed by atoms with Crippen LogP contribution in [0.2, 0.25) is 0 Å². The summed E-state index contributed by atoms with van der Waals surface area (Å²) < 4.78 is 26.4. The Bertz CT molecular complexity index is 854. The first-order valence-electron chi connectivity index (χ1n) is 9.15. The molecule has 0 saturated heterocycles. The highest BCUT2D eigenvalue weighted by atomic mass is 32.2. The molecule has 2 heterocycles. The molecule has 26 heavy (non-hydrogen) atoms. The molecule has 0 bridgehead atoms. The molecule has 1 aliphatic rings. The number of fused-ring (bicyclic) bond motifs is 1. The Morgan fingerprint density at radius 1 is 1.19 bits per heavy atom. The maximum absolute atomic E-state index is 13.2. The van der Waals surface area contributed by atoms with Crippen LogP contribution in [-0.2, 0) is 9.84 Å². The highest BCUT2D eigenvalue weighted by Gasteiger charge is 2.47. The number of sulfone groups is 1. The van der Waals surface area contributed by atoms with Crippen LogP contribution in [0.5, 0.6) is 0 Å². The third kappa shape index (κ3) is 3.29. The molecule has 0 saturated carbocycles. The Kier molecular flexibility index (Phi) is 5.46. The van der Waals surface area contributed by atoms with E-state index in [1.807, 2.05) is 25.1 Å². The van der Waals surface area contributed by atoms with Gasteiger partial charge in [-0.1, -0.05) is 44.9 Å². The molecule has 3 rings (SSSR count). The van der Waals surface area contributed by atoms with Gasteiger partial charge >= 0.3 is 0 Å². The fraction of sp³-hybridized carbons (Fsp3) is 0.450. The maximum Gasteiger partial charge on any atom is 0.180 e. The standard InChI is InChI=1S/C20H26N2O3S/c1-3-5-12-20(4-2)15-26(24,25)18-9-7-6-8-17(18)19(22(20)23)16-10-13-21-14-11-16/h6-11,13-14,19,23H,3-5,12,15H2,1-2H3/t19-,20+/m0/s1. The van der Waals surface area contributed by atoms with Gasteiger partial charge in [-0.25, -0.2) is 8.42 Å². The summed E-state index contributed by atoms with van der Waals surface area (Å²) in [5, 5.41) is 12.7. The Labute approximate surface area is 155 Å². The second-order valence-corrected chi connectivity index (χ2v) is 8.96. The average molecular weight is 375 g/mol. The first kappa shape index (κ1) is 19.0. The van der Waals surface area contributed by atoms with Crippen LogP contribution in [-0.4, -0.2) is 35.0 Å². The molecule has 0 aliphatic carbocycles. The summed E-state index contributed by atoms with van der Waals surface area (Å²) in [6, 6.07) is 10.1. The summed E-state index contributed by atoms with van der Waals surface area (Å²) in [6.07, 6.45) is 6.33. The Morgan fingerprint density at radius 2 is 1.88 bits per heavy atom. The number of benzene rings is 1. The van der Waals surface area contributed by atoms with Crippen molar-refractivity contribution in [2.24, 2.45) is 0 Å². The van der Waals surface area contributed by atoms with E-state index in [4.69, 9.17) is 0 Å². The van der Waals surface area contributed by atoms with Crippen LogP contribution >= 0.6 is 0 Å². The first-order valence-corrected chi connectivity index (χ1v) is 10.8. The monoisotopic (exact) mass is 374 g/mol. The van der Waals surface area contributed by atoms with Gasteiger partial charge in [-0.05, 0) is 42.2 Å². The lowest BCUT2D eigenvalue weighted by Gasteiger charge is -2.41. The summed E-state index contributed by atoms with van der Waals surface area (Å²) in [4.78, 5) is 4.37. The first-order chi connectivity index (χ1) is 12.4. The van der Waals surface area contributed by atoms with Crippen molar-refractivity contribution in [3.05, 3.63) is 59.9 Å². The highest BCUT2D eigenvalue weighted by Crippen LogP contribution is 2.43. The molecule has 0 radical (unpaired) electrons. The lowest BCUT2D eigenvalue weighted by atomic mass is 9.87. The molecule has 6 heteroatoms. The van der Waals surface area contributed by atoms with E-state index >= 15 is 0 Å². The van der Waals surface area contributed by atoms with Crippen LogP contribution in [0.4, 0.5) is 0 Å². The van der Waals surface area contributed by atoms with Gasteiger partial charge in [-0.15, -0.1) is 0 Å². The minimum absolute atomic E-state index is 0.0778. The van der Waals surface area contributed by atoms with Gasteiger partial charge < -0.3 is 5.21 Å². The van der Waals surface area contributed by atoms with E-state index in [9.17, 15) is 13.6 Å². The number of hydroxylamine groups is 2. The Hall–Kier alpha value is -1.76. The predicted octanol–water partition coefficient (Wildman–Crippen LogP) is 3.99. The lowest BCUT2D eigenvalue weighted by Crippen LogP contribution is -2.51. The molecule has 5 nitrogen and oxygen atoms in total. The van der Waals surface area contributed by atoms with Crippen molar-refractivity contribution in [1.82, 2.24) is 10.0 Å². The van der Waals surface area contributed by atoms with E-state index in [-0.39, 0.29) is 5.75 Å². The van der Waals surface area contributed by atoms with Crippen LogP contribution in [0, 0.1) is 0 Å². The molecule has 2 atom stereocenters. The summed E-state index contributed by atoms with van der Waals surface area (Å²) in [6.45, 7) is 4.03. The molecule has 1 N–H and O–H groups in total. The smallest absolute Gasteiger partial charge is 0.180 e. The second kappa shape index (κ2) is 7.47. The van der Waals surface area contributed by atoms with Crippen LogP contribution in [0.25, 0.3) is 0 Å². The van der Waals surface area contributed by atoms with Crippen LogP contribution in [0.1, 0.15) is 56.7 Å². The average Bonchev–Trinajstić information content (AvgIpc) is 2.73. The van der Waals surface area contributed by atoms with Crippen LogP contribution in [0.15, 0.2) is 53.7 Å². The molecule has 1 aliphatic heterocycles. The zero-order valence-electron chi connectivity index (χ0n) is 15.3. The zero-order valence-corrected chi connectivity index (χ0v) is 16.1. The molecule has 1 aromatic heterocycles. The van der Waals surface area contributed by atoms with E-state index in [0.29, 0.717) is 23.3 Å². The molecule has 140 valence electrons. The third-order valence-electron chi connectivity index (χ3n) is 5.41. The third-order valence-corrected chi connectivity index (χ3v) is 7.37. The van der Waals surface area contributed by atoms with Crippen molar-refractivity contribution in [2.75, 3.05) is 5.75 Å². The zero-order chi connectivity index (χ0) is 18.8. The predicted molar refractivity (Wildman–Crippen MR) is 101 cm³/mol. The van der Waals surface area contributed by atoms with Crippen molar-refractivity contribution < 1.29 is 13.6 Å². The fourth-order valence-electron chi connectivity index (χ4n) is 3.89. The van der Waals surface area contributed by atoms with Gasteiger partial charge in [0.2, 0.25) is 0 Å². The van der Waals surface area contributed by atoms with Gasteiger partial charge in [0.05, 0.1) is 22.2 Å². The van der Waals surface area contributed by atoms with E-state index in [2.05, 4.69) is 11.9 Å². The van der Waals surface area contributed by atoms with Crippen molar-refractivity contribution in [3.8, 4) is 0 Å². The number of nitrogens with zero attached hydrogens (tertiary/aromatic N) is 2. The summed E-state index contributed by atoms with van der Waals surface area (Å²) in [5.74, 6) is -0.0778. The van der Waals surface area contributed by atoms with E-state index < -0.39 is 21.4 Å². The largest absolute Gasteiger partial charge is 0.312 e. The van der Waals surface area contributed by atoms with Gasteiger partial charge in [0.15, 0.2) is 9.84 Å². The number of hydrogen-bond acceptors (Lipinski definition) is 5. The van der Waals surface area contributed by atoms with E-state index in [1.165, 1.54) is 5.06 Å². The minimum atomic E-state index is -3.52. The van der Waals surface area contributed by atoms with Crippen LogP contribution < -0.4 is 0 Å². The maximum atomic E-state index is 13.2. The van der Waals surface area contributed by atoms with Crippen molar-refractivity contribution in [1.29, 1.82) is 0 Å². The molecule has 0 fully saturated rings. The fourth-order valence-corrected chi connectivity index (χ4v) is 6.06. The van der Waals surface area contributed by atoms with Gasteiger partial charge in [-0.3, -0.25) is 4.98 Å². The summed E-state index contributed by atoms with van der Waals surface area (Å²) >= 11 is 0. The number of aromatic nitrogens is 1. The quantitative estimate of drug-likeness (QED) is 0.857.